The number of alkyl carbamates (subject to hydrolysis) is 1. The van der Waals surface area contributed by atoms with E-state index in [1.165, 1.54) is 0 Å². The maximum Gasteiger partial charge on any atom is 0.407 e. The van der Waals surface area contributed by atoms with E-state index in [1.807, 2.05) is 20.8 Å². The van der Waals surface area contributed by atoms with Crippen molar-refractivity contribution in [2.75, 3.05) is 19.8 Å². The number of morpholine rings is 1. The molecule has 19 heavy (non-hydrogen) atoms. The Balaban J connectivity index is 2.67. The SMILES string of the molecule is CC(C)(C)OC(=O)NC(C1COCCN1)C(C)(C)C. The first-order valence-corrected chi connectivity index (χ1v) is 6.90. The third-order valence-corrected chi connectivity index (χ3v) is 2.96. The van der Waals surface area contributed by atoms with Crippen LogP contribution in [0.1, 0.15) is 41.5 Å². The summed E-state index contributed by atoms with van der Waals surface area (Å²) in [4.78, 5) is 12.0. The minimum Gasteiger partial charge on any atom is -0.444 e. The Bertz CT molecular complexity index is 299. The number of amides is 1. The molecule has 1 saturated heterocycles. The predicted octanol–water partition coefficient (Wildman–Crippen LogP) is 1.91. The molecular weight excluding hydrogens is 244 g/mol. The molecule has 1 amide bonds. The molecule has 1 fully saturated rings. The Labute approximate surface area is 116 Å². The van der Waals surface area contributed by atoms with Crippen LogP contribution in [0.2, 0.25) is 0 Å². The van der Waals surface area contributed by atoms with Crippen LogP contribution in [-0.4, -0.2) is 43.5 Å². The van der Waals surface area contributed by atoms with Crippen LogP contribution in [0.25, 0.3) is 0 Å². The molecular formula is C14H28N2O3. The lowest BCUT2D eigenvalue weighted by Crippen LogP contribution is -2.60. The maximum atomic E-state index is 12.0. The Morgan fingerprint density at radius 1 is 1.32 bits per heavy atom. The summed E-state index contributed by atoms with van der Waals surface area (Å²) in [5.74, 6) is 0. The fourth-order valence-electron chi connectivity index (χ4n) is 2.15. The zero-order valence-electron chi connectivity index (χ0n) is 13.0. The van der Waals surface area contributed by atoms with Gasteiger partial charge in [0, 0.05) is 6.54 Å². The van der Waals surface area contributed by atoms with Crippen molar-refractivity contribution < 1.29 is 14.3 Å². The molecule has 0 saturated carbocycles. The highest BCUT2D eigenvalue weighted by Gasteiger charge is 2.35. The van der Waals surface area contributed by atoms with E-state index in [1.54, 1.807) is 0 Å². The fourth-order valence-corrected chi connectivity index (χ4v) is 2.15. The van der Waals surface area contributed by atoms with E-state index in [0.717, 1.165) is 13.2 Å². The van der Waals surface area contributed by atoms with Crippen LogP contribution in [0, 0.1) is 5.41 Å². The quantitative estimate of drug-likeness (QED) is 0.806. The van der Waals surface area contributed by atoms with Gasteiger partial charge in [-0.2, -0.15) is 0 Å². The number of nitrogens with one attached hydrogen (secondary N) is 2. The second kappa shape index (κ2) is 6.09. The number of hydrogen-bond donors (Lipinski definition) is 2. The lowest BCUT2D eigenvalue weighted by atomic mass is 9.82. The van der Waals surface area contributed by atoms with Crippen molar-refractivity contribution in [3.05, 3.63) is 0 Å². The number of carbonyl (C=O) groups excluding carboxylic acids is 1. The summed E-state index contributed by atoms with van der Waals surface area (Å²) in [6, 6.07) is 0.0731. The standard InChI is InChI=1S/C14H28N2O3/c1-13(2,3)11(10-9-18-8-7-15-10)16-12(17)19-14(4,5)6/h10-11,15H,7-9H2,1-6H3,(H,16,17). The molecule has 0 radical (unpaired) electrons. The molecule has 1 aliphatic heterocycles. The number of rotatable bonds is 2. The van der Waals surface area contributed by atoms with Crippen LogP contribution in [0.3, 0.4) is 0 Å². The van der Waals surface area contributed by atoms with E-state index < -0.39 is 5.60 Å². The van der Waals surface area contributed by atoms with Gasteiger partial charge in [-0.3, -0.25) is 0 Å². The second-order valence-electron chi connectivity index (χ2n) is 7.13. The molecule has 0 bridgehead atoms. The predicted molar refractivity (Wildman–Crippen MR) is 75.2 cm³/mol. The minimum atomic E-state index is -0.483. The van der Waals surface area contributed by atoms with Crippen molar-refractivity contribution in [3.63, 3.8) is 0 Å². The van der Waals surface area contributed by atoms with Crippen molar-refractivity contribution in [1.29, 1.82) is 0 Å². The topological polar surface area (TPSA) is 59.6 Å². The molecule has 0 aliphatic carbocycles. The van der Waals surface area contributed by atoms with Gasteiger partial charge in [-0.05, 0) is 26.2 Å². The third kappa shape index (κ3) is 5.78. The van der Waals surface area contributed by atoms with E-state index in [-0.39, 0.29) is 23.6 Å². The molecule has 0 aromatic carbocycles. The van der Waals surface area contributed by atoms with Crippen molar-refractivity contribution in [1.82, 2.24) is 10.6 Å². The number of carbonyl (C=O) groups is 1. The zero-order valence-corrected chi connectivity index (χ0v) is 13.0. The molecule has 2 N–H and O–H groups in total. The van der Waals surface area contributed by atoms with E-state index >= 15 is 0 Å². The van der Waals surface area contributed by atoms with Gasteiger partial charge >= 0.3 is 6.09 Å². The summed E-state index contributed by atoms with van der Waals surface area (Å²) in [6.07, 6.45) is -0.375. The minimum absolute atomic E-state index is 0.0392. The van der Waals surface area contributed by atoms with Crippen LogP contribution in [-0.2, 0) is 9.47 Å². The van der Waals surface area contributed by atoms with E-state index in [9.17, 15) is 4.79 Å². The van der Waals surface area contributed by atoms with E-state index in [2.05, 4.69) is 31.4 Å². The molecule has 5 heteroatoms. The summed E-state index contributed by atoms with van der Waals surface area (Å²) < 4.78 is 10.8. The van der Waals surface area contributed by atoms with E-state index in [0.29, 0.717) is 6.61 Å². The molecule has 2 unspecified atom stereocenters. The van der Waals surface area contributed by atoms with E-state index in [4.69, 9.17) is 9.47 Å². The molecule has 2 atom stereocenters. The summed E-state index contributed by atoms with van der Waals surface area (Å²) in [7, 11) is 0. The molecule has 0 aromatic heterocycles. The Kier molecular flexibility index (Phi) is 5.21. The summed E-state index contributed by atoms with van der Waals surface area (Å²) in [6.45, 7) is 14.0. The molecule has 1 heterocycles. The van der Waals surface area contributed by atoms with Crippen LogP contribution in [0.4, 0.5) is 4.79 Å². The van der Waals surface area contributed by atoms with Gasteiger partial charge in [0.15, 0.2) is 0 Å². The lowest BCUT2D eigenvalue weighted by Gasteiger charge is -2.39. The first kappa shape index (κ1) is 16.2. The van der Waals surface area contributed by atoms with Crippen molar-refractivity contribution >= 4 is 6.09 Å². The summed E-state index contributed by atoms with van der Waals surface area (Å²) in [5.41, 5.74) is -0.557. The molecule has 0 spiro atoms. The average Bonchev–Trinajstić information content (AvgIpc) is 2.23. The van der Waals surface area contributed by atoms with Gasteiger partial charge in [-0.1, -0.05) is 20.8 Å². The highest BCUT2D eigenvalue weighted by atomic mass is 16.6. The number of ether oxygens (including phenoxy) is 2. The van der Waals surface area contributed by atoms with Gasteiger partial charge < -0.3 is 20.1 Å². The highest BCUT2D eigenvalue weighted by molar-refractivity contribution is 5.68. The normalized spacial score (nSPS) is 22.7. The Hall–Kier alpha value is -0.810. The van der Waals surface area contributed by atoms with Gasteiger partial charge in [0.2, 0.25) is 0 Å². The van der Waals surface area contributed by atoms with Crippen LogP contribution < -0.4 is 10.6 Å². The van der Waals surface area contributed by atoms with Gasteiger partial charge in [0.05, 0.1) is 25.3 Å². The van der Waals surface area contributed by atoms with Crippen LogP contribution in [0.15, 0.2) is 0 Å². The highest BCUT2D eigenvalue weighted by Crippen LogP contribution is 2.23. The first-order valence-electron chi connectivity index (χ1n) is 6.90. The lowest BCUT2D eigenvalue weighted by molar-refractivity contribution is 0.0253. The average molecular weight is 272 g/mol. The van der Waals surface area contributed by atoms with Crippen LogP contribution >= 0.6 is 0 Å². The second-order valence-corrected chi connectivity index (χ2v) is 7.13. The summed E-state index contributed by atoms with van der Waals surface area (Å²) in [5, 5.41) is 6.38. The van der Waals surface area contributed by atoms with Crippen LogP contribution in [0.5, 0.6) is 0 Å². The number of hydrogen-bond acceptors (Lipinski definition) is 4. The monoisotopic (exact) mass is 272 g/mol. The summed E-state index contributed by atoms with van der Waals surface area (Å²) >= 11 is 0. The Morgan fingerprint density at radius 3 is 2.37 bits per heavy atom. The van der Waals surface area contributed by atoms with Crippen molar-refractivity contribution in [3.8, 4) is 0 Å². The zero-order chi connectivity index (χ0) is 14.7. The van der Waals surface area contributed by atoms with Gasteiger partial charge in [0.25, 0.3) is 0 Å². The Morgan fingerprint density at radius 2 is 1.95 bits per heavy atom. The van der Waals surface area contributed by atoms with Crippen molar-refractivity contribution in [2.24, 2.45) is 5.41 Å². The molecule has 0 aromatic rings. The van der Waals surface area contributed by atoms with Gasteiger partial charge in [-0.15, -0.1) is 0 Å². The third-order valence-electron chi connectivity index (χ3n) is 2.96. The fraction of sp³-hybridized carbons (Fsp3) is 0.929. The molecule has 5 nitrogen and oxygen atoms in total. The van der Waals surface area contributed by atoms with Gasteiger partial charge in [0.1, 0.15) is 5.60 Å². The molecule has 1 aliphatic rings. The first-order chi connectivity index (χ1) is 8.59. The maximum absolute atomic E-state index is 12.0. The smallest absolute Gasteiger partial charge is 0.407 e. The van der Waals surface area contributed by atoms with Gasteiger partial charge in [-0.25, -0.2) is 4.79 Å². The van der Waals surface area contributed by atoms with Crippen molar-refractivity contribution in [2.45, 2.75) is 59.2 Å². The molecule has 1 rings (SSSR count). The largest absolute Gasteiger partial charge is 0.444 e. The molecule has 112 valence electrons.